The largest absolute Gasteiger partial charge is 0.479 e. The molecule has 0 aliphatic rings. The van der Waals surface area contributed by atoms with E-state index >= 15 is 0 Å². The van der Waals surface area contributed by atoms with Crippen molar-refractivity contribution in [3.05, 3.63) is 20.8 Å². The molecule has 0 aromatic carbocycles. The Balaban J connectivity index is 2.67. The third-order valence-corrected chi connectivity index (χ3v) is 4.44. The summed E-state index contributed by atoms with van der Waals surface area (Å²) in [5.41, 5.74) is -1.54. The molecule has 1 heterocycles. The van der Waals surface area contributed by atoms with Crippen molar-refractivity contribution in [2.24, 2.45) is 0 Å². The number of methoxy groups -OCH3 is 1. The van der Waals surface area contributed by atoms with Gasteiger partial charge in [-0.25, -0.2) is 4.79 Å². The van der Waals surface area contributed by atoms with Crippen molar-refractivity contribution in [2.45, 2.75) is 12.5 Å². The topological polar surface area (TPSA) is 95.9 Å². The van der Waals surface area contributed by atoms with Crippen molar-refractivity contribution < 1.29 is 24.2 Å². The highest BCUT2D eigenvalue weighted by molar-refractivity contribution is 9.11. The van der Waals surface area contributed by atoms with Crippen molar-refractivity contribution in [2.75, 3.05) is 27.3 Å². The number of aliphatic carboxylic acids is 1. The maximum atomic E-state index is 12.1. The number of amides is 2. The predicted octanol–water partition coefficient (Wildman–Crippen LogP) is 1.19. The molecule has 0 aliphatic carbocycles. The average molecular weight is 393 g/mol. The zero-order valence-corrected chi connectivity index (χ0v) is 14.8. The molecule has 0 radical (unpaired) electrons. The summed E-state index contributed by atoms with van der Waals surface area (Å²) in [6.45, 7) is 0.916. The molecule has 9 heteroatoms. The summed E-state index contributed by atoms with van der Waals surface area (Å²) in [4.78, 5) is 37.0. The van der Waals surface area contributed by atoms with E-state index < -0.39 is 17.4 Å². The molecule has 1 rings (SSSR count). The summed E-state index contributed by atoms with van der Waals surface area (Å²) < 4.78 is 5.63. The summed E-state index contributed by atoms with van der Waals surface area (Å²) in [6.07, 6.45) is 0. The van der Waals surface area contributed by atoms with Crippen molar-refractivity contribution in [1.82, 2.24) is 10.2 Å². The molecule has 0 bridgehead atoms. The van der Waals surface area contributed by atoms with E-state index in [1.54, 1.807) is 12.1 Å². The first-order valence-electron chi connectivity index (χ1n) is 6.23. The average Bonchev–Trinajstić information content (AvgIpc) is 2.84. The van der Waals surface area contributed by atoms with Crippen LogP contribution in [0.1, 0.15) is 16.6 Å². The highest BCUT2D eigenvalue weighted by atomic mass is 79.9. The summed E-state index contributed by atoms with van der Waals surface area (Å²) in [5, 5.41) is 11.5. The SMILES string of the molecule is COCC(C)(NC(=O)CN(C)C(=O)c1ccc(Br)s1)C(=O)O. The number of halogens is 1. The van der Waals surface area contributed by atoms with Gasteiger partial charge in [0.05, 0.1) is 21.8 Å². The van der Waals surface area contributed by atoms with E-state index in [9.17, 15) is 14.4 Å². The number of hydrogen-bond donors (Lipinski definition) is 2. The Morgan fingerprint density at radius 1 is 1.45 bits per heavy atom. The molecule has 7 nitrogen and oxygen atoms in total. The molecular weight excluding hydrogens is 376 g/mol. The Morgan fingerprint density at radius 3 is 2.55 bits per heavy atom. The summed E-state index contributed by atoms with van der Waals surface area (Å²) in [7, 11) is 2.82. The Hall–Kier alpha value is -1.45. The number of ether oxygens (including phenoxy) is 1. The minimum Gasteiger partial charge on any atom is -0.479 e. The number of carbonyl (C=O) groups is 3. The number of carboxylic acids is 1. The minimum absolute atomic E-state index is 0.177. The number of rotatable bonds is 7. The number of carboxylic acid groups (broad SMARTS) is 1. The molecule has 0 saturated carbocycles. The second kappa shape index (κ2) is 7.70. The fraction of sp³-hybridized carbons (Fsp3) is 0.462. The fourth-order valence-corrected chi connectivity index (χ4v) is 3.07. The molecule has 1 aromatic rings. The molecule has 0 saturated heterocycles. The Morgan fingerprint density at radius 2 is 2.09 bits per heavy atom. The lowest BCUT2D eigenvalue weighted by molar-refractivity contribution is -0.149. The van der Waals surface area contributed by atoms with Gasteiger partial charge in [-0.2, -0.15) is 0 Å². The van der Waals surface area contributed by atoms with Crippen LogP contribution in [0.2, 0.25) is 0 Å². The maximum Gasteiger partial charge on any atom is 0.331 e. The number of hydrogen-bond acceptors (Lipinski definition) is 5. The zero-order valence-electron chi connectivity index (χ0n) is 12.4. The summed E-state index contributed by atoms with van der Waals surface area (Å²) in [6, 6.07) is 3.39. The lowest BCUT2D eigenvalue weighted by Crippen LogP contribution is -2.57. The number of nitrogens with one attached hydrogen (secondary N) is 1. The molecule has 0 fully saturated rings. The van der Waals surface area contributed by atoms with E-state index in [4.69, 9.17) is 9.84 Å². The van der Waals surface area contributed by atoms with E-state index in [1.165, 1.54) is 37.3 Å². The van der Waals surface area contributed by atoms with Crippen LogP contribution in [0.3, 0.4) is 0 Å². The van der Waals surface area contributed by atoms with Crippen molar-refractivity contribution >= 4 is 45.1 Å². The monoisotopic (exact) mass is 392 g/mol. The fourth-order valence-electron chi connectivity index (χ4n) is 1.69. The van der Waals surface area contributed by atoms with Crippen LogP contribution < -0.4 is 5.32 Å². The van der Waals surface area contributed by atoms with Crippen LogP contribution in [0.15, 0.2) is 15.9 Å². The number of carbonyl (C=O) groups excluding carboxylic acids is 2. The van der Waals surface area contributed by atoms with Crippen LogP contribution >= 0.6 is 27.3 Å². The maximum absolute atomic E-state index is 12.1. The van der Waals surface area contributed by atoms with Gasteiger partial charge in [0.1, 0.15) is 0 Å². The summed E-state index contributed by atoms with van der Waals surface area (Å²) in [5.74, 6) is -2.10. The van der Waals surface area contributed by atoms with E-state index in [0.717, 1.165) is 3.79 Å². The smallest absolute Gasteiger partial charge is 0.331 e. The first-order valence-corrected chi connectivity index (χ1v) is 7.84. The lowest BCUT2D eigenvalue weighted by atomic mass is 10.0. The first kappa shape index (κ1) is 18.6. The minimum atomic E-state index is -1.54. The van der Waals surface area contributed by atoms with Crippen LogP contribution in [0.25, 0.3) is 0 Å². The van der Waals surface area contributed by atoms with Gasteiger partial charge >= 0.3 is 5.97 Å². The second-order valence-corrected chi connectivity index (χ2v) is 7.35. The van der Waals surface area contributed by atoms with Crippen LogP contribution in [0.5, 0.6) is 0 Å². The zero-order chi connectivity index (χ0) is 16.9. The van der Waals surface area contributed by atoms with Crippen molar-refractivity contribution in [3.63, 3.8) is 0 Å². The van der Waals surface area contributed by atoms with Gasteiger partial charge in [0.25, 0.3) is 5.91 Å². The highest BCUT2D eigenvalue weighted by Crippen LogP contribution is 2.22. The van der Waals surface area contributed by atoms with Gasteiger partial charge in [0.15, 0.2) is 5.54 Å². The summed E-state index contributed by atoms with van der Waals surface area (Å²) >= 11 is 4.52. The van der Waals surface area contributed by atoms with Gasteiger partial charge < -0.3 is 20.1 Å². The molecule has 1 aromatic heterocycles. The normalized spacial score (nSPS) is 13.3. The highest BCUT2D eigenvalue weighted by Gasteiger charge is 2.35. The van der Waals surface area contributed by atoms with E-state index in [1.807, 2.05) is 0 Å². The number of thiophene rings is 1. The third kappa shape index (κ3) is 4.79. The second-order valence-electron chi connectivity index (χ2n) is 4.88. The Bertz CT molecular complexity index is 577. The van der Waals surface area contributed by atoms with Crippen LogP contribution in [-0.4, -0.2) is 60.6 Å². The molecule has 2 N–H and O–H groups in total. The lowest BCUT2D eigenvalue weighted by Gasteiger charge is -2.26. The standard InChI is InChI=1S/C13H17BrN2O5S/c1-13(7-21-3,12(19)20)15-10(17)6-16(2)11(18)8-4-5-9(14)22-8/h4-5H,6-7H2,1-3H3,(H,15,17)(H,19,20). The van der Waals surface area contributed by atoms with E-state index in [0.29, 0.717) is 4.88 Å². The Kier molecular flexibility index (Phi) is 6.51. The van der Waals surface area contributed by atoms with Crippen LogP contribution in [0.4, 0.5) is 0 Å². The van der Waals surface area contributed by atoms with Gasteiger partial charge in [-0.15, -0.1) is 11.3 Å². The van der Waals surface area contributed by atoms with E-state index in [-0.39, 0.29) is 19.1 Å². The van der Waals surface area contributed by atoms with Gasteiger partial charge in [-0.1, -0.05) is 0 Å². The van der Waals surface area contributed by atoms with Crippen molar-refractivity contribution in [1.29, 1.82) is 0 Å². The third-order valence-electron chi connectivity index (χ3n) is 2.83. The van der Waals surface area contributed by atoms with Crippen LogP contribution in [0, 0.1) is 0 Å². The van der Waals surface area contributed by atoms with E-state index in [2.05, 4.69) is 21.2 Å². The molecule has 1 unspecified atom stereocenters. The first-order chi connectivity index (χ1) is 10.2. The predicted molar refractivity (Wildman–Crippen MR) is 85.0 cm³/mol. The number of likely N-dealkylation sites (N-methyl/N-ethyl adjacent to an activating group) is 1. The molecule has 22 heavy (non-hydrogen) atoms. The van der Waals surface area contributed by atoms with Crippen molar-refractivity contribution in [3.8, 4) is 0 Å². The van der Waals surface area contributed by atoms with Gasteiger partial charge in [0.2, 0.25) is 5.91 Å². The molecule has 122 valence electrons. The quantitative estimate of drug-likeness (QED) is 0.726. The van der Waals surface area contributed by atoms with Gasteiger partial charge in [-0.05, 0) is 35.0 Å². The number of nitrogens with zero attached hydrogens (tertiary/aromatic N) is 1. The molecule has 1 atom stereocenters. The van der Waals surface area contributed by atoms with Gasteiger partial charge in [0, 0.05) is 14.2 Å². The molecule has 2 amide bonds. The Labute approximate surface area is 140 Å². The van der Waals surface area contributed by atoms with Gasteiger partial charge in [-0.3, -0.25) is 9.59 Å². The molecule has 0 aliphatic heterocycles. The molecule has 0 spiro atoms. The van der Waals surface area contributed by atoms with Crippen LogP contribution in [-0.2, 0) is 14.3 Å². The molecular formula is C13H17BrN2O5S.